The van der Waals surface area contributed by atoms with Gasteiger partial charge < -0.3 is 4.74 Å². The third-order valence-electron chi connectivity index (χ3n) is 4.39. The molecule has 1 aliphatic carbocycles. The minimum atomic E-state index is -3.71. The van der Waals surface area contributed by atoms with Crippen molar-refractivity contribution in [2.24, 2.45) is 5.14 Å². The monoisotopic (exact) mass is 322 g/mol. The fourth-order valence-electron chi connectivity index (χ4n) is 2.85. The molecule has 7 nitrogen and oxygen atoms in total. The van der Waals surface area contributed by atoms with E-state index >= 15 is 0 Å². The maximum absolute atomic E-state index is 11.9. The lowest BCUT2D eigenvalue weighted by Gasteiger charge is -2.37. The average molecular weight is 322 g/mol. The molecule has 1 aromatic carbocycles. The van der Waals surface area contributed by atoms with Crippen LogP contribution in [0.15, 0.2) is 24.4 Å². The van der Waals surface area contributed by atoms with Gasteiger partial charge in [0.05, 0.1) is 19.0 Å². The van der Waals surface area contributed by atoms with Crippen LogP contribution in [0.3, 0.4) is 0 Å². The van der Waals surface area contributed by atoms with E-state index in [9.17, 15) is 8.42 Å². The van der Waals surface area contributed by atoms with Crippen molar-refractivity contribution in [3.05, 3.63) is 35.7 Å². The SMILES string of the molecule is COc1cccc(-n2cc(C3(S(N)(=O)=O)CCC3)nn2)c1C. The Morgan fingerprint density at radius 1 is 1.36 bits per heavy atom. The lowest BCUT2D eigenvalue weighted by molar-refractivity contribution is 0.337. The predicted molar refractivity (Wildman–Crippen MR) is 81.3 cm³/mol. The molecule has 22 heavy (non-hydrogen) atoms. The highest BCUT2D eigenvalue weighted by molar-refractivity contribution is 7.90. The molecule has 8 heteroatoms. The predicted octanol–water partition coefficient (Wildman–Crippen LogP) is 1.25. The van der Waals surface area contributed by atoms with Gasteiger partial charge in [0.25, 0.3) is 0 Å². The molecule has 2 N–H and O–H groups in total. The first-order valence-corrected chi connectivity index (χ1v) is 8.53. The topological polar surface area (TPSA) is 100 Å². The van der Waals surface area contributed by atoms with Crippen LogP contribution in [0, 0.1) is 6.92 Å². The standard InChI is InChI=1S/C14H18N4O3S/c1-10-11(5-3-6-12(10)21-2)18-9-13(16-17-18)14(7-4-8-14)22(15,19)20/h3,5-6,9H,4,7-8H2,1-2H3,(H2,15,19,20). The van der Waals surface area contributed by atoms with Gasteiger partial charge in [-0.05, 0) is 38.3 Å². The Morgan fingerprint density at radius 2 is 2.09 bits per heavy atom. The molecule has 3 rings (SSSR count). The van der Waals surface area contributed by atoms with Gasteiger partial charge >= 0.3 is 0 Å². The van der Waals surface area contributed by atoms with Gasteiger partial charge in [-0.15, -0.1) is 5.10 Å². The van der Waals surface area contributed by atoms with E-state index < -0.39 is 14.8 Å². The first kappa shape index (κ1) is 15.0. The van der Waals surface area contributed by atoms with Crippen LogP contribution in [-0.4, -0.2) is 30.5 Å². The quantitative estimate of drug-likeness (QED) is 0.913. The number of nitrogens with zero attached hydrogens (tertiary/aromatic N) is 3. The smallest absolute Gasteiger partial charge is 0.220 e. The van der Waals surface area contributed by atoms with Crippen LogP contribution >= 0.6 is 0 Å². The molecule has 2 aromatic rings. The molecule has 0 unspecified atom stereocenters. The minimum absolute atomic E-state index is 0.406. The van der Waals surface area contributed by atoms with Crippen LogP contribution in [0.1, 0.15) is 30.5 Å². The lowest BCUT2D eigenvalue weighted by atomic mass is 9.82. The number of nitrogens with two attached hydrogens (primary N) is 1. The van der Waals surface area contributed by atoms with Crippen LogP contribution in [-0.2, 0) is 14.8 Å². The molecule has 0 saturated heterocycles. The van der Waals surface area contributed by atoms with Crippen LogP contribution < -0.4 is 9.88 Å². The fraction of sp³-hybridized carbons (Fsp3) is 0.429. The summed E-state index contributed by atoms with van der Waals surface area (Å²) < 4.78 is 29.6. The van der Waals surface area contributed by atoms with E-state index in [1.165, 1.54) is 0 Å². The van der Waals surface area contributed by atoms with Gasteiger partial charge in [-0.1, -0.05) is 11.3 Å². The zero-order chi connectivity index (χ0) is 16.0. The normalized spacial score (nSPS) is 17.0. The Labute approximate surface area is 129 Å². The van der Waals surface area contributed by atoms with Gasteiger partial charge in [0.2, 0.25) is 10.0 Å². The molecule has 1 aromatic heterocycles. The zero-order valence-corrected chi connectivity index (χ0v) is 13.3. The molecule has 1 heterocycles. The maximum Gasteiger partial charge on any atom is 0.220 e. The number of sulfonamides is 1. The number of ether oxygens (including phenoxy) is 1. The fourth-order valence-corrected chi connectivity index (χ4v) is 4.09. The third-order valence-corrected chi connectivity index (χ3v) is 6.09. The summed E-state index contributed by atoms with van der Waals surface area (Å²) in [7, 11) is -2.11. The summed E-state index contributed by atoms with van der Waals surface area (Å²) in [6.07, 6.45) is 3.44. The van der Waals surface area contributed by atoms with E-state index in [-0.39, 0.29) is 0 Å². The van der Waals surface area contributed by atoms with Crippen molar-refractivity contribution < 1.29 is 13.2 Å². The summed E-state index contributed by atoms with van der Waals surface area (Å²) in [4.78, 5) is 0. The second-order valence-corrected chi connectivity index (χ2v) is 7.42. The van der Waals surface area contributed by atoms with Crippen molar-refractivity contribution in [2.45, 2.75) is 30.9 Å². The maximum atomic E-state index is 11.9. The van der Waals surface area contributed by atoms with E-state index in [1.54, 1.807) is 18.0 Å². The van der Waals surface area contributed by atoms with E-state index in [0.29, 0.717) is 18.5 Å². The molecule has 0 aliphatic heterocycles. The number of benzene rings is 1. The largest absolute Gasteiger partial charge is 0.496 e. The summed E-state index contributed by atoms with van der Waals surface area (Å²) >= 11 is 0. The molecule has 1 fully saturated rings. The molecule has 0 bridgehead atoms. The van der Waals surface area contributed by atoms with Crippen LogP contribution in [0.2, 0.25) is 0 Å². The molecule has 0 radical (unpaired) electrons. The summed E-state index contributed by atoms with van der Waals surface area (Å²) in [5.41, 5.74) is 2.10. The van der Waals surface area contributed by atoms with E-state index in [1.807, 2.05) is 25.1 Å². The molecule has 118 valence electrons. The van der Waals surface area contributed by atoms with Crippen LogP contribution in [0.4, 0.5) is 0 Å². The third kappa shape index (κ3) is 2.10. The van der Waals surface area contributed by atoms with Crippen molar-refractivity contribution in [1.29, 1.82) is 0 Å². The average Bonchev–Trinajstić information content (AvgIpc) is 2.85. The molecule has 0 atom stereocenters. The highest BCUT2D eigenvalue weighted by atomic mass is 32.2. The molecule has 0 amide bonds. The Hall–Kier alpha value is -1.93. The van der Waals surface area contributed by atoms with Gasteiger partial charge in [-0.3, -0.25) is 0 Å². The van der Waals surface area contributed by atoms with Crippen molar-refractivity contribution >= 4 is 10.0 Å². The van der Waals surface area contributed by atoms with Gasteiger partial charge in [0, 0.05) is 5.56 Å². The number of hydrogen-bond donors (Lipinski definition) is 1. The van der Waals surface area contributed by atoms with E-state index in [4.69, 9.17) is 9.88 Å². The van der Waals surface area contributed by atoms with Crippen LogP contribution in [0.5, 0.6) is 5.75 Å². The highest BCUT2D eigenvalue weighted by Crippen LogP contribution is 2.46. The summed E-state index contributed by atoms with van der Waals surface area (Å²) in [5, 5.41) is 13.5. The number of methoxy groups -OCH3 is 1. The Kier molecular flexibility index (Phi) is 3.45. The summed E-state index contributed by atoms with van der Waals surface area (Å²) in [6.45, 7) is 1.91. The van der Waals surface area contributed by atoms with Crippen molar-refractivity contribution in [1.82, 2.24) is 15.0 Å². The van der Waals surface area contributed by atoms with Gasteiger partial charge in [-0.2, -0.15) is 0 Å². The highest BCUT2D eigenvalue weighted by Gasteiger charge is 2.51. The lowest BCUT2D eigenvalue weighted by Crippen LogP contribution is -2.46. The first-order valence-electron chi connectivity index (χ1n) is 6.98. The van der Waals surface area contributed by atoms with E-state index in [0.717, 1.165) is 23.4 Å². The molecular formula is C14H18N4O3S. The zero-order valence-electron chi connectivity index (χ0n) is 12.5. The Balaban J connectivity index is 2.06. The summed E-state index contributed by atoms with van der Waals surface area (Å²) in [6, 6.07) is 5.58. The van der Waals surface area contributed by atoms with Gasteiger partial charge in [0.15, 0.2) is 0 Å². The minimum Gasteiger partial charge on any atom is -0.496 e. The number of aromatic nitrogens is 3. The molecule has 1 aliphatic rings. The number of hydrogen-bond acceptors (Lipinski definition) is 5. The molecular weight excluding hydrogens is 304 g/mol. The molecule has 1 saturated carbocycles. The van der Waals surface area contributed by atoms with Crippen molar-refractivity contribution in [2.75, 3.05) is 7.11 Å². The molecule has 0 spiro atoms. The second kappa shape index (κ2) is 5.06. The summed E-state index contributed by atoms with van der Waals surface area (Å²) in [5.74, 6) is 0.736. The Bertz CT molecular complexity index is 809. The number of primary sulfonamides is 1. The van der Waals surface area contributed by atoms with Crippen molar-refractivity contribution in [3.63, 3.8) is 0 Å². The van der Waals surface area contributed by atoms with Crippen LogP contribution in [0.25, 0.3) is 5.69 Å². The van der Waals surface area contributed by atoms with Crippen molar-refractivity contribution in [3.8, 4) is 11.4 Å². The first-order chi connectivity index (χ1) is 10.4. The van der Waals surface area contributed by atoms with Gasteiger partial charge in [-0.25, -0.2) is 18.2 Å². The van der Waals surface area contributed by atoms with E-state index in [2.05, 4.69) is 10.3 Å². The number of rotatable bonds is 4. The second-order valence-electron chi connectivity index (χ2n) is 5.55. The Morgan fingerprint density at radius 3 is 2.64 bits per heavy atom. The van der Waals surface area contributed by atoms with Gasteiger partial charge in [0.1, 0.15) is 16.2 Å².